The highest BCUT2D eigenvalue weighted by molar-refractivity contribution is 6.14. The molecule has 0 aromatic heterocycles. The maximum atomic E-state index is 6.74. The SMILES string of the molecule is c1ccc(-c2cc3c(c4ccccc24)N2c4ccccc4-c4ccccc4-c4cccc(c42)O3)cc1. The van der Waals surface area contributed by atoms with Crippen molar-refractivity contribution in [1.29, 1.82) is 0 Å². The highest BCUT2D eigenvalue weighted by Crippen LogP contribution is 2.60. The highest BCUT2D eigenvalue weighted by Gasteiger charge is 2.35. The molecule has 0 aliphatic carbocycles. The van der Waals surface area contributed by atoms with Gasteiger partial charge in [-0.05, 0) is 45.8 Å². The van der Waals surface area contributed by atoms with Crippen LogP contribution < -0.4 is 9.64 Å². The Morgan fingerprint density at radius 1 is 0.417 bits per heavy atom. The largest absolute Gasteiger partial charge is 0.453 e. The van der Waals surface area contributed by atoms with Gasteiger partial charge in [0.05, 0.1) is 17.1 Å². The molecule has 0 saturated carbocycles. The first kappa shape index (κ1) is 19.5. The Morgan fingerprint density at radius 2 is 1.06 bits per heavy atom. The zero-order valence-corrected chi connectivity index (χ0v) is 19.5. The molecule has 0 amide bonds. The lowest BCUT2D eigenvalue weighted by molar-refractivity contribution is 0.478. The number of anilines is 3. The molecule has 0 spiro atoms. The van der Waals surface area contributed by atoms with Crippen molar-refractivity contribution in [3.8, 4) is 44.9 Å². The molecule has 0 saturated heterocycles. The van der Waals surface area contributed by atoms with Gasteiger partial charge in [0.1, 0.15) is 0 Å². The average molecular weight is 460 g/mol. The summed E-state index contributed by atoms with van der Waals surface area (Å²) in [5.74, 6) is 1.75. The topological polar surface area (TPSA) is 12.5 Å². The number of rotatable bonds is 1. The van der Waals surface area contributed by atoms with Gasteiger partial charge in [-0.1, -0.05) is 109 Å². The molecule has 0 bridgehead atoms. The van der Waals surface area contributed by atoms with E-state index in [2.05, 4.69) is 132 Å². The molecule has 0 fully saturated rings. The molecule has 6 aromatic rings. The van der Waals surface area contributed by atoms with Crippen LogP contribution in [0, 0.1) is 0 Å². The monoisotopic (exact) mass is 459 g/mol. The molecule has 8 rings (SSSR count). The van der Waals surface area contributed by atoms with Crippen LogP contribution in [0.1, 0.15) is 0 Å². The number of nitrogens with zero attached hydrogens (tertiary/aromatic N) is 1. The second-order valence-electron chi connectivity index (χ2n) is 9.34. The van der Waals surface area contributed by atoms with Gasteiger partial charge >= 0.3 is 0 Å². The first-order chi connectivity index (χ1) is 17.9. The van der Waals surface area contributed by atoms with Crippen molar-refractivity contribution in [3.05, 3.63) is 127 Å². The lowest BCUT2D eigenvalue weighted by atomic mass is 9.94. The molecule has 2 nitrogen and oxygen atoms in total. The van der Waals surface area contributed by atoms with Gasteiger partial charge in [-0.25, -0.2) is 0 Å². The van der Waals surface area contributed by atoms with Crippen LogP contribution in [0.4, 0.5) is 17.1 Å². The van der Waals surface area contributed by atoms with Crippen molar-refractivity contribution in [2.24, 2.45) is 0 Å². The number of ether oxygens (including phenoxy) is 1. The van der Waals surface area contributed by atoms with Crippen molar-refractivity contribution in [2.45, 2.75) is 0 Å². The van der Waals surface area contributed by atoms with Crippen molar-refractivity contribution < 1.29 is 4.74 Å². The summed E-state index contributed by atoms with van der Waals surface area (Å²) >= 11 is 0. The van der Waals surface area contributed by atoms with E-state index < -0.39 is 0 Å². The van der Waals surface area contributed by atoms with E-state index in [1.54, 1.807) is 0 Å². The van der Waals surface area contributed by atoms with Crippen LogP contribution in [-0.4, -0.2) is 0 Å². The Morgan fingerprint density at radius 3 is 1.89 bits per heavy atom. The second kappa shape index (κ2) is 7.34. The summed E-state index contributed by atoms with van der Waals surface area (Å²) in [4.78, 5) is 2.43. The number of hydrogen-bond donors (Lipinski definition) is 0. The van der Waals surface area contributed by atoms with Gasteiger partial charge in [-0.2, -0.15) is 0 Å². The number of hydrogen-bond acceptors (Lipinski definition) is 2. The van der Waals surface area contributed by atoms with Gasteiger partial charge in [-0.15, -0.1) is 0 Å². The Labute approximate surface area is 209 Å². The minimum atomic E-state index is 0.873. The average Bonchev–Trinajstić information content (AvgIpc) is 3.07. The highest BCUT2D eigenvalue weighted by atomic mass is 16.5. The molecular formula is C34H21NO. The van der Waals surface area contributed by atoms with Crippen molar-refractivity contribution >= 4 is 27.8 Å². The van der Waals surface area contributed by atoms with E-state index in [0.717, 1.165) is 22.9 Å². The van der Waals surface area contributed by atoms with Crippen molar-refractivity contribution in [2.75, 3.05) is 4.90 Å². The maximum Gasteiger partial charge on any atom is 0.152 e. The minimum absolute atomic E-state index is 0.873. The molecule has 0 radical (unpaired) electrons. The quantitative estimate of drug-likeness (QED) is 0.242. The standard InChI is InChI=1S/C34H21NO/c1-2-11-22(12-3-1)29-21-32-34(27-17-7-6-15-25(27)29)35-30-19-9-8-16-26(30)23-13-4-5-14-24(23)28-18-10-20-31(36-32)33(28)35/h1-21H. The summed E-state index contributed by atoms with van der Waals surface area (Å²) in [5.41, 5.74) is 10.6. The maximum absolute atomic E-state index is 6.74. The van der Waals surface area contributed by atoms with Crippen molar-refractivity contribution in [1.82, 2.24) is 0 Å². The van der Waals surface area contributed by atoms with Crippen LogP contribution in [0.25, 0.3) is 44.2 Å². The number of fused-ring (bicyclic) bond motifs is 9. The summed E-state index contributed by atoms with van der Waals surface area (Å²) < 4.78 is 6.74. The van der Waals surface area contributed by atoms with E-state index in [9.17, 15) is 0 Å². The van der Waals surface area contributed by atoms with Crippen LogP contribution in [0.3, 0.4) is 0 Å². The summed E-state index contributed by atoms with van der Waals surface area (Å²) in [5, 5.41) is 2.39. The first-order valence-electron chi connectivity index (χ1n) is 12.3. The fraction of sp³-hybridized carbons (Fsp3) is 0. The van der Waals surface area contributed by atoms with Gasteiger partial charge in [0.15, 0.2) is 11.5 Å². The third-order valence-corrected chi connectivity index (χ3v) is 7.38. The normalized spacial score (nSPS) is 12.6. The summed E-state index contributed by atoms with van der Waals surface area (Å²) in [6, 6.07) is 45.3. The molecule has 2 heteroatoms. The van der Waals surface area contributed by atoms with Crippen LogP contribution in [0.15, 0.2) is 127 Å². The summed E-state index contributed by atoms with van der Waals surface area (Å²) in [6.45, 7) is 0. The smallest absolute Gasteiger partial charge is 0.152 e. The van der Waals surface area contributed by atoms with Gasteiger partial charge in [0, 0.05) is 16.5 Å². The van der Waals surface area contributed by atoms with Crippen LogP contribution in [0.2, 0.25) is 0 Å². The van der Waals surface area contributed by atoms with E-state index in [1.807, 2.05) is 0 Å². The van der Waals surface area contributed by atoms with Crippen LogP contribution >= 0.6 is 0 Å². The third kappa shape index (κ3) is 2.61. The Bertz CT molecular complexity index is 1820. The molecule has 0 atom stereocenters. The fourth-order valence-corrected chi connectivity index (χ4v) is 5.87. The predicted octanol–water partition coefficient (Wildman–Crippen LogP) is 9.73. The van der Waals surface area contributed by atoms with E-state index in [0.29, 0.717) is 0 Å². The zero-order valence-electron chi connectivity index (χ0n) is 19.5. The van der Waals surface area contributed by atoms with E-state index in [4.69, 9.17) is 4.74 Å². The molecule has 2 aliphatic heterocycles. The molecule has 2 heterocycles. The Balaban J connectivity index is 1.53. The molecule has 36 heavy (non-hydrogen) atoms. The predicted molar refractivity (Wildman–Crippen MR) is 149 cm³/mol. The molecule has 0 unspecified atom stereocenters. The van der Waals surface area contributed by atoms with Gasteiger partial charge in [0.25, 0.3) is 0 Å². The van der Waals surface area contributed by atoms with Crippen LogP contribution in [0.5, 0.6) is 11.5 Å². The number of para-hydroxylation sites is 2. The zero-order chi connectivity index (χ0) is 23.6. The second-order valence-corrected chi connectivity index (χ2v) is 9.34. The lowest BCUT2D eigenvalue weighted by Gasteiger charge is -2.35. The number of benzene rings is 6. The van der Waals surface area contributed by atoms with Gasteiger partial charge < -0.3 is 9.64 Å². The van der Waals surface area contributed by atoms with E-state index in [-0.39, 0.29) is 0 Å². The molecule has 0 N–H and O–H groups in total. The van der Waals surface area contributed by atoms with Crippen LogP contribution in [-0.2, 0) is 0 Å². The lowest BCUT2D eigenvalue weighted by Crippen LogP contribution is -2.17. The van der Waals surface area contributed by atoms with E-state index in [1.165, 1.54) is 49.8 Å². The first-order valence-corrected chi connectivity index (χ1v) is 12.3. The minimum Gasteiger partial charge on any atom is -0.453 e. The molecule has 168 valence electrons. The summed E-state index contributed by atoms with van der Waals surface area (Å²) in [7, 11) is 0. The van der Waals surface area contributed by atoms with Gasteiger partial charge in [-0.3, -0.25) is 0 Å². The Kier molecular flexibility index (Phi) is 3.97. The van der Waals surface area contributed by atoms with Gasteiger partial charge in [0.2, 0.25) is 0 Å². The molecular weight excluding hydrogens is 438 g/mol. The van der Waals surface area contributed by atoms with E-state index >= 15 is 0 Å². The molecule has 6 aromatic carbocycles. The summed E-state index contributed by atoms with van der Waals surface area (Å²) in [6.07, 6.45) is 0. The fourth-order valence-electron chi connectivity index (χ4n) is 5.87. The molecule has 2 aliphatic rings. The van der Waals surface area contributed by atoms with Crippen molar-refractivity contribution in [3.63, 3.8) is 0 Å². The Hall–Kier alpha value is -4.82. The third-order valence-electron chi connectivity index (χ3n) is 7.38.